The Bertz CT molecular complexity index is 1080. The first-order valence-corrected chi connectivity index (χ1v) is 12.3. The Hall–Kier alpha value is -3.23. The Kier molecular flexibility index (Phi) is 8.15. The summed E-state index contributed by atoms with van der Waals surface area (Å²) in [5, 5.41) is 5.84. The zero-order valence-electron chi connectivity index (χ0n) is 20.5. The molecule has 186 valence electrons. The van der Waals surface area contributed by atoms with E-state index in [0.29, 0.717) is 24.3 Å². The van der Waals surface area contributed by atoms with Crippen molar-refractivity contribution in [2.75, 3.05) is 56.2 Å². The normalized spacial score (nSPS) is 18.5. The number of para-hydroxylation sites is 1. The van der Waals surface area contributed by atoms with E-state index in [0.717, 1.165) is 56.1 Å². The predicted octanol–water partition coefficient (Wildman–Crippen LogP) is 2.75. The fourth-order valence-corrected chi connectivity index (χ4v) is 4.48. The molecule has 0 aromatic heterocycles. The number of nitrogens with zero attached hydrogens (tertiary/aromatic N) is 2. The van der Waals surface area contributed by atoms with E-state index >= 15 is 0 Å². The van der Waals surface area contributed by atoms with Gasteiger partial charge in [-0.15, -0.1) is 0 Å². The molecular formula is C27H34N4O4. The number of ether oxygens (including phenoxy) is 1. The van der Waals surface area contributed by atoms with Crippen LogP contribution < -0.4 is 15.5 Å². The van der Waals surface area contributed by atoms with Crippen molar-refractivity contribution >= 4 is 29.1 Å². The van der Waals surface area contributed by atoms with E-state index in [9.17, 15) is 14.4 Å². The fraction of sp³-hybridized carbons (Fsp3) is 0.444. The quantitative estimate of drug-likeness (QED) is 0.570. The van der Waals surface area contributed by atoms with E-state index in [1.54, 1.807) is 29.2 Å². The summed E-state index contributed by atoms with van der Waals surface area (Å²) in [6.45, 7) is 9.19. The molecule has 4 rings (SSSR count). The standard InChI is InChI=1S/C27H34N4O4/c1-19-8-9-22(16-20(19)2)31-18-21(17-25(31)32)26(33)29-24-7-4-3-6-23(24)27(34)28-10-5-11-30-12-14-35-15-13-30/h3-4,6-9,16,21H,5,10-15,17-18H2,1-2H3,(H,28,34)(H,29,33)/t21-/m0/s1. The first-order chi connectivity index (χ1) is 16.9. The van der Waals surface area contributed by atoms with Crippen LogP contribution in [0.5, 0.6) is 0 Å². The lowest BCUT2D eigenvalue weighted by Gasteiger charge is -2.26. The van der Waals surface area contributed by atoms with Crippen LogP contribution in [0.25, 0.3) is 0 Å². The SMILES string of the molecule is Cc1ccc(N2C[C@@H](C(=O)Nc3ccccc3C(=O)NCCCN3CCOCC3)CC2=O)cc1C. The molecule has 0 spiro atoms. The monoisotopic (exact) mass is 478 g/mol. The number of amides is 3. The van der Waals surface area contributed by atoms with Crippen LogP contribution >= 0.6 is 0 Å². The summed E-state index contributed by atoms with van der Waals surface area (Å²) in [5.41, 5.74) is 3.95. The Morgan fingerprint density at radius 1 is 1.06 bits per heavy atom. The van der Waals surface area contributed by atoms with Gasteiger partial charge in [-0.05, 0) is 62.2 Å². The van der Waals surface area contributed by atoms with E-state index in [1.165, 1.54) is 0 Å². The van der Waals surface area contributed by atoms with Crippen molar-refractivity contribution < 1.29 is 19.1 Å². The number of carbonyl (C=O) groups excluding carboxylic acids is 3. The first kappa shape index (κ1) is 24.9. The Balaban J connectivity index is 1.32. The Morgan fingerprint density at radius 2 is 1.83 bits per heavy atom. The molecule has 0 bridgehead atoms. The minimum absolute atomic E-state index is 0.0697. The molecule has 8 heteroatoms. The number of nitrogens with one attached hydrogen (secondary N) is 2. The summed E-state index contributed by atoms with van der Waals surface area (Å²) in [4.78, 5) is 42.5. The van der Waals surface area contributed by atoms with E-state index < -0.39 is 5.92 Å². The van der Waals surface area contributed by atoms with Gasteiger partial charge in [-0.3, -0.25) is 19.3 Å². The molecule has 8 nitrogen and oxygen atoms in total. The second-order valence-corrected chi connectivity index (χ2v) is 9.27. The number of rotatable bonds is 8. The molecule has 2 N–H and O–H groups in total. The molecule has 2 heterocycles. The zero-order valence-corrected chi connectivity index (χ0v) is 20.5. The van der Waals surface area contributed by atoms with Crippen molar-refractivity contribution in [1.29, 1.82) is 0 Å². The van der Waals surface area contributed by atoms with Gasteiger partial charge in [0.05, 0.1) is 30.4 Å². The molecule has 2 aromatic carbocycles. The molecule has 35 heavy (non-hydrogen) atoms. The van der Waals surface area contributed by atoms with Crippen LogP contribution in [-0.4, -0.2) is 68.6 Å². The summed E-state index contributed by atoms with van der Waals surface area (Å²) in [6.07, 6.45) is 0.993. The molecule has 2 aliphatic heterocycles. The number of carbonyl (C=O) groups is 3. The lowest BCUT2D eigenvalue weighted by atomic mass is 10.1. The first-order valence-electron chi connectivity index (χ1n) is 12.3. The van der Waals surface area contributed by atoms with Gasteiger partial charge in [0.2, 0.25) is 11.8 Å². The largest absolute Gasteiger partial charge is 0.379 e. The third-order valence-electron chi connectivity index (χ3n) is 6.77. The molecule has 1 atom stereocenters. The van der Waals surface area contributed by atoms with Gasteiger partial charge < -0.3 is 20.3 Å². The average Bonchev–Trinajstić information content (AvgIpc) is 3.26. The van der Waals surface area contributed by atoms with Crippen LogP contribution in [0.2, 0.25) is 0 Å². The second kappa shape index (κ2) is 11.5. The maximum atomic E-state index is 13.0. The van der Waals surface area contributed by atoms with Crippen molar-refractivity contribution in [1.82, 2.24) is 10.2 Å². The maximum Gasteiger partial charge on any atom is 0.253 e. The third kappa shape index (κ3) is 6.26. The Morgan fingerprint density at radius 3 is 2.60 bits per heavy atom. The van der Waals surface area contributed by atoms with Crippen molar-refractivity contribution in [3.63, 3.8) is 0 Å². The van der Waals surface area contributed by atoms with Crippen LogP contribution in [0.4, 0.5) is 11.4 Å². The fourth-order valence-electron chi connectivity index (χ4n) is 4.48. The van der Waals surface area contributed by atoms with Crippen molar-refractivity contribution in [3.8, 4) is 0 Å². The van der Waals surface area contributed by atoms with Gasteiger partial charge in [0, 0.05) is 38.3 Å². The van der Waals surface area contributed by atoms with Crippen molar-refractivity contribution in [2.24, 2.45) is 5.92 Å². The van der Waals surface area contributed by atoms with Gasteiger partial charge in [-0.25, -0.2) is 0 Å². The summed E-state index contributed by atoms with van der Waals surface area (Å²) >= 11 is 0. The van der Waals surface area contributed by atoms with Gasteiger partial charge in [-0.1, -0.05) is 18.2 Å². The highest BCUT2D eigenvalue weighted by molar-refractivity contribution is 6.07. The molecular weight excluding hydrogens is 444 g/mol. The molecule has 2 saturated heterocycles. The molecule has 0 aliphatic carbocycles. The van der Waals surface area contributed by atoms with Crippen LogP contribution in [0.15, 0.2) is 42.5 Å². The summed E-state index contributed by atoms with van der Waals surface area (Å²) in [6, 6.07) is 12.9. The number of hydrogen-bond acceptors (Lipinski definition) is 5. The zero-order chi connectivity index (χ0) is 24.8. The molecule has 3 amide bonds. The summed E-state index contributed by atoms with van der Waals surface area (Å²) in [7, 11) is 0. The highest BCUT2D eigenvalue weighted by Crippen LogP contribution is 2.28. The predicted molar refractivity (Wildman–Crippen MR) is 136 cm³/mol. The smallest absolute Gasteiger partial charge is 0.253 e. The van der Waals surface area contributed by atoms with Crippen molar-refractivity contribution in [3.05, 3.63) is 59.2 Å². The number of morpholine rings is 1. The van der Waals surface area contributed by atoms with E-state index in [2.05, 4.69) is 15.5 Å². The molecule has 0 unspecified atom stereocenters. The molecule has 2 aromatic rings. The third-order valence-corrected chi connectivity index (χ3v) is 6.77. The minimum Gasteiger partial charge on any atom is -0.379 e. The summed E-state index contributed by atoms with van der Waals surface area (Å²) < 4.78 is 5.36. The lowest BCUT2D eigenvalue weighted by Crippen LogP contribution is -2.38. The van der Waals surface area contributed by atoms with E-state index in [1.807, 2.05) is 32.0 Å². The van der Waals surface area contributed by atoms with Crippen LogP contribution in [0.3, 0.4) is 0 Å². The van der Waals surface area contributed by atoms with E-state index in [4.69, 9.17) is 4.74 Å². The van der Waals surface area contributed by atoms with Crippen molar-refractivity contribution in [2.45, 2.75) is 26.7 Å². The highest BCUT2D eigenvalue weighted by atomic mass is 16.5. The summed E-state index contributed by atoms with van der Waals surface area (Å²) in [5.74, 6) is -1.02. The minimum atomic E-state index is -0.478. The van der Waals surface area contributed by atoms with Gasteiger partial charge in [0.1, 0.15) is 0 Å². The number of anilines is 2. The topological polar surface area (TPSA) is 91.0 Å². The lowest BCUT2D eigenvalue weighted by molar-refractivity contribution is -0.122. The van der Waals surface area contributed by atoms with Gasteiger partial charge in [0.15, 0.2) is 0 Å². The average molecular weight is 479 g/mol. The Labute approximate surface area is 206 Å². The molecule has 0 saturated carbocycles. The molecule has 0 radical (unpaired) electrons. The highest BCUT2D eigenvalue weighted by Gasteiger charge is 2.35. The van der Waals surface area contributed by atoms with E-state index in [-0.39, 0.29) is 24.1 Å². The molecule has 2 aliphatic rings. The maximum absolute atomic E-state index is 13.0. The van der Waals surface area contributed by atoms with Crippen LogP contribution in [-0.2, 0) is 14.3 Å². The number of aryl methyl sites for hydroxylation is 2. The van der Waals surface area contributed by atoms with Gasteiger partial charge >= 0.3 is 0 Å². The second-order valence-electron chi connectivity index (χ2n) is 9.27. The number of hydrogen-bond donors (Lipinski definition) is 2. The van der Waals surface area contributed by atoms with Gasteiger partial charge in [0.25, 0.3) is 5.91 Å². The molecule has 2 fully saturated rings. The van der Waals surface area contributed by atoms with Crippen LogP contribution in [0, 0.1) is 19.8 Å². The number of benzene rings is 2. The van der Waals surface area contributed by atoms with Gasteiger partial charge in [-0.2, -0.15) is 0 Å². The van der Waals surface area contributed by atoms with Crippen LogP contribution in [0.1, 0.15) is 34.3 Å².